The minimum atomic E-state index is -1.33. The summed E-state index contributed by atoms with van der Waals surface area (Å²) in [5, 5.41) is 2.90. The van der Waals surface area contributed by atoms with E-state index < -0.39 is 41.3 Å². The van der Waals surface area contributed by atoms with E-state index in [9.17, 15) is 27.6 Å². The van der Waals surface area contributed by atoms with Crippen LogP contribution in [0, 0.1) is 17.5 Å². The van der Waals surface area contributed by atoms with Crippen molar-refractivity contribution in [2.24, 2.45) is 5.73 Å². The number of amides is 3. The van der Waals surface area contributed by atoms with Gasteiger partial charge in [0, 0.05) is 36.3 Å². The Balaban J connectivity index is 1.62. The monoisotopic (exact) mass is 474 g/mol. The molecule has 1 aliphatic carbocycles. The molecule has 1 aliphatic heterocycles. The van der Waals surface area contributed by atoms with Crippen molar-refractivity contribution in [1.82, 2.24) is 15.1 Å². The number of carbonyl (C=O) groups excluding carboxylic acids is 3. The molecule has 0 bridgehead atoms. The zero-order chi connectivity index (χ0) is 24.4. The number of hydrogen-bond donors (Lipinski definition) is 2. The third-order valence-corrected chi connectivity index (χ3v) is 6.28. The Hall–Kier alpha value is -3.40. The molecule has 180 valence electrons. The molecule has 1 saturated carbocycles. The first kappa shape index (κ1) is 23.7. The van der Waals surface area contributed by atoms with E-state index in [1.54, 1.807) is 0 Å². The van der Waals surface area contributed by atoms with Crippen molar-refractivity contribution < 1.29 is 27.6 Å². The van der Waals surface area contributed by atoms with Crippen LogP contribution >= 0.6 is 0 Å². The van der Waals surface area contributed by atoms with Crippen molar-refractivity contribution in [3.05, 3.63) is 71.0 Å². The Bertz CT molecular complexity index is 1100. The molecule has 1 atom stereocenters. The average molecular weight is 474 g/mol. The zero-order valence-corrected chi connectivity index (χ0v) is 18.3. The topological polar surface area (TPSA) is 95.7 Å². The standard InChI is InChI=1S/C24H25F3N4O3/c25-16-3-1-2-14(12-16)23(33)30-10-11-31(24(34)15-4-9-19(26)20(27)13-15)22(30)21(32)29-18-7-5-17(28)6-8-18/h1-4,9,12-13,17-18,22H,5-8,10-11,28H2,(H,29,32). The van der Waals surface area contributed by atoms with Crippen molar-refractivity contribution >= 4 is 17.7 Å². The quantitative estimate of drug-likeness (QED) is 0.712. The van der Waals surface area contributed by atoms with Crippen LogP contribution in [0.4, 0.5) is 13.2 Å². The molecule has 1 saturated heterocycles. The molecule has 0 aromatic heterocycles. The highest BCUT2D eigenvalue weighted by Crippen LogP contribution is 2.24. The largest absolute Gasteiger partial charge is 0.350 e. The molecule has 2 aromatic rings. The fraction of sp³-hybridized carbons (Fsp3) is 0.375. The molecular formula is C24H25F3N4O3. The number of halogens is 3. The molecule has 7 nitrogen and oxygen atoms in total. The molecule has 2 fully saturated rings. The van der Waals surface area contributed by atoms with Crippen molar-refractivity contribution in [3.8, 4) is 0 Å². The number of nitrogens with two attached hydrogens (primary N) is 1. The third-order valence-electron chi connectivity index (χ3n) is 6.28. The zero-order valence-electron chi connectivity index (χ0n) is 18.3. The Labute approximate surface area is 194 Å². The normalized spacial score (nSPS) is 22.5. The molecule has 34 heavy (non-hydrogen) atoms. The van der Waals surface area contributed by atoms with Crippen LogP contribution in [0.25, 0.3) is 0 Å². The molecule has 2 aromatic carbocycles. The number of hydrogen-bond acceptors (Lipinski definition) is 4. The fourth-order valence-electron chi connectivity index (χ4n) is 4.46. The molecule has 1 heterocycles. The minimum absolute atomic E-state index is 0.00743. The summed E-state index contributed by atoms with van der Waals surface area (Å²) in [6.45, 7) is 0.00486. The van der Waals surface area contributed by atoms with Crippen LogP contribution < -0.4 is 11.1 Å². The van der Waals surface area contributed by atoms with E-state index in [4.69, 9.17) is 5.73 Å². The molecule has 2 aliphatic rings. The van der Waals surface area contributed by atoms with Gasteiger partial charge in [0.15, 0.2) is 17.8 Å². The maximum atomic E-state index is 13.8. The van der Waals surface area contributed by atoms with Gasteiger partial charge in [-0.3, -0.25) is 14.4 Å². The second kappa shape index (κ2) is 9.84. The molecule has 10 heteroatoms. The van der Waals surface area contributed by atoms with Crippen LogP contribution in [0.2, 0.25) is 0 Å². The van der Waals surface area contributed by atoms with Gasteiger partial charge in [0.2, 0.25) is 0 Å². The fourth-order valence-corrected chi connectivity index (χ4v) is 4.46. The van der Waals surface area contributed by atoms with Crippen molar-refractivity contribution in [2.45, 2.75) is 43.9 Å². The Morgan fingerprint density at radius 3 is 2.03 bits per heavy atom. The van der Waals surface area contributed by atoms with Crippen LogP contribution in [-0.4, -0.2) is 58.9 Å². The molecular weight excluding hydrogens is 449 g/mol. The molecule has 3 N–H and O–H groups in total. The summed E-state index contributed by atoms with van der Waals surface area (Å²) in [5.41, 5.74) is 5.81. The third kappa shape index (κ3) is 4.91. The van der Waals surface area contributed by atoms with Gasteiger partial charge in [-0.2, -0.15) is 0 Å². The van der Waals surface area contributed by atoms with Gasteiger partial charge in [-0.1, -0.05) is 6.07 Å². The predicted octanol–water partition coefficient (Wildman–Crippen LogP) is 2.41. The lowest BCUT2D eigenvalue weighted by atomic mass is 9.92. The number of benzene rings is 2. The Kier molecular flexibility index (Phi) is 6.87. The summed E-state index contributed by atoms with van der Waals surface area (Å²) >= 11 is 0. The molecule has 4 rings (SSSR count). The van der Waals surface area contributed by atoms with Crippen LogP contribution in [0.15, 0.2) is 42.5 Å². The van der Waals surface area contributed by atoms with E-state index in [0.29, 0.717) is 12.8 Å². The van der Waals surface area contributed by atoms with Crippen LogP contribution in [0.1, 0.15) is 46.4 Å². The smallest absolute Gasteiger partial charge is 0.264 e. The summed E-state index contributed by atoms with van der Waals surface area (Å²) in [7, 11) is 0. The number of nitrogens with zero attached hydrogens (tertiary/aromatic N) is 2. The molecule has 0 radical (unpaired) electrons. The van der Waals surface area contributed by atoms with E-state index >= 15 is 0 Å². The molecule has 1 unspecified atom stereocenters. The first-order chi connectivity index (χ1) is 16.2. The van der Waals surface area contributed by atoms with Gasteiger partial charge >= 0.3 is 0 Å². The van der Waals surface area contributed by atoms with E-state index in [0.717, 1.165) is 42.0 Å². The minimum Gasteiger partial charge on any atom is -0.350 e. The highest BCUT2D eigenvalue weighted by Gasteiger charge is 2.44. The lowest BCUT2D eigenvalue weighted by Gasteiger charge is -2.32. The molecule has 3 amide bonds. The SMILES string of the molecule is NC1CCC(NC(=O)C2N(C(=O)c3cccc(F)c3)CCN2C(=O)c2ccc(F)c(F)c2)CC1. The van der Waals surface area contributed by atoms with Crippen LogP contribution in [-0.2, 0) is 4.79 Å². The second-order valence-electron chi connectivity index (χ2n) is 8.63. The van der Waals surface area contributed by atoms with Gasteiger partial charge in [-0.05, 0) is 62.1 Å². The van der Waals surface area contributed by atoms with Crippen molar-refractivity contribution in [3.63, 3.8) is 0 Å². The highest BCUT2D eigenvalue weighted by molar-refractivity contribution is 6.02. The maximum Gasteiger partial charge on any atom is 0.264 e. The van der Waals surface area contributed by atoms with E-state index in [2.05, 4.69) is 5.32 Å². The summed E-state index contributed by atoms with van der Waals surface area (Å²) in [5.74, 6) is -4.83. The Morgan fingerprint density at radius 2 is 1.44 bits per heavy atom. The van der Waals surface area contributed by atoms with Crippen molar-refractivity contribution in [1.29, 1.82) is 0 Å². The summed E-state index contributed by atoms with van der Waals surface area (Å²) in [6, 6.07) is 7.65. The van der Waals surface area contributed by atoms with Crippen LogP contribution in [0.3, 0.4) is 0 Å². The average Bonchev–Trinajstić information content (AvgIpc) is 3.26. The number of rotatable bonds is 4. The van der Waals surface area contributed by atoms with E-state index in [-0.39, 0.29) is 36.3 Å². The lowest BCUT2D eigenvalue weighted by molar-refractivity contribution is -0.129. The van der Waals surface area contributed by atoms with Crippen molar-refractivity contribution in [2.75, 3.05) is 13.1 Å². The highest BCUT2D eigenvalue weighted by atomic mass is 19.2. The number of carbonyl (C=O) groups is 3. The van der Waals surface area contributed by atoms with Crippen LogP contribution in [0.5, 0.6) is 0 Å². The lowest BCUT2D eigenvalue weighted by Crippen LogP contribution is -2.56. The number of nitrogens with one attached hydrogen (secondary N) is 1. The van der Waals surface area contributed by atoms with E-state index in [1.165, 1.54) is 23.1 Å². The van der Waals surface area contributed by atoms with Gasteiger partial charge in [-0.25, -0.2) is 13.2 Å². The maximum absolute atomic E-state index is 13.8. The second-order valence-corrected chi connectivity index (χ2v) is 8.63. The predicted molar refractivity (Wildman–Crippen MR) is 117 cm³/mol. The van der Waals surface area contributed by atoms with Gasteiger partial charge in [0.05, 0.1) is 0 Å². The molecule has 0 spiro atoms. The first-order valence-electron chi connectivity index (χ1n) is 11.1. The van der Waals surface area contributed by atoms with Gasteiger partial charge in [0.1, 0.15) is 5.82 Å². The Morgan fingerprint density at radius 1 is 0.824 bits per heavy atom. The first-order valence-corrected chi connectivity index (χ1v) is 11.1. The van der Waals surface area contributed by atoms with Gasteiger partial charge < -0.3 is 20.9 Å². The van der Waals surface area contributed by atoms with Gasteiger partial charge in [0.25, 0.3) is 17.7 Å². The summed E-state index contributed by atoms with van der Waals surface area (Å²) < 4.78 is 40.8. The summed E-state index contributed by atoms with van der Waals surface area (Å²) in [4.78, 5) is 42.0. The van der Waals surface area contributed by atoms with E-state index in [1.807, 2.05) is 0 Å². The summed E-state index contributed by atoms with van der Waals surface area (Å²) in [6.07, 6.45) is 1.47. The van der Waals surface area contributed by atoms with Gasteiger partial charge in [-0.15, -0.1) is 0 Å².